The van der Waals surface area contributed by atoms with Gasteiger partial charge in [0, 0.05) is 0 Å². The van der Waals surface area contributed by atoms with Crippen molar-refractivity contribution in [2.75, 3.05) is 0 Å². The molecule has 0 heterocycles. The van der Waals surface area contributed by atoms with E-state index in [1.807, 2.05) is 0 Å². The minimum atomic E-state index is -4.07. The molecule has 0 unspecified atom stereocenters. The van der Waals surface area contributed by atoms with Gasteiger partial charge < -0.3 is 9.79 Å². The van der Waals surface area contributed by atoms with Crippen LogP contribution in [0.1, 0.15) is 86.0 Å². The molecule has 0 aliphatic heterocycles. The van der Waals surface area contributed by atoms with Gasteiger partial charge in [-0.1, -0.05) is 66.7 Å². The van der Waals surface area contributed by atoms with E-state index in [0.717, 1.165) is 12.8 Å². The van der Waals surface area contributed by atoms with Gasteiger partial charge in [-0.25, -0.2) is 0 Å². The molecule has 2 N–H and O–H groups in total. The highest BCUT2D eigenvalue weighted by atomic mass is 31.2. The Kier molecular flexibility index (Phi) is 9.29. The van der Waals surface area contributed by atoms with Crippen molar-refractivity contribution in [3.8, 4) is 0 Å². The molecule has 0 fully saturated rings. The first-order valence-electron chi connectivity index (χ1n) is 8.20. The molecule has 4 heteroatoms. The number of hydrogen-bond acceptors (Lipinski definition) is 1. The average Bonchev–Trinajstić information content (AvgIpc) is 2.25. The first-order chi connectivity index (χ1) is 9.14. The Labute approximate surface area is 125 Å². The van der Waals surface area contributed by atoms with Crippen LogP contribution in [0.4, 0.5) is 0 Å². The van der Waals surface area contributed by atoms with Crippen LogP contribution < -0.4 is 0 Å². The maximum Gasteiger partial charge on any atom is 0.331 e. The lowest BCUT2D eigenvalue weighted by molar-refractivity contribution is 0.257. The summed E-state index contributed by atoms with van der Waals surface area (Å²) in [5.74, 6) is 0.633. The summed E-state index contributed by atoms with van der Waals surface area (Å²) < 4.78 is 12.1. The van der Waals surface area contributed by atoms with Gasteiger partial charge in [0.25, 0.3) is 0 Å². The maximum absolute atomic E-state index is 12.1. The lowest BCUT2D eigenvalue weighted by Gasteiger charge is -2.37. The van der Waals surface area contributed by atoms with Crippen LogP contribution in [-0.2, 0) is 4.57 Å². The smallest absolute Gasteiger partial charge is 0.324 e. The van der Waals surface area contributed by atoms with Crippen LogP contribution in [0.15, 0.2) is 0 Å². The maximum atomic E-state index is 12.1. The van der Waals surface area contributed by atoms with Crippen molar-refractivity contribution >= 4 is 7.60 Å². The van der Waals surface area contributed by atoms with Gasteiger partial charge in [0.15, 0.2) is 0 Å². The molecule has 0 aliphatic carbocycles. The molecule has 0 aliphatic rings. The molecule has 0 saturated carbocycles. The number of hydrogen-bond donors (Lipinski definition) is 2. The fraction of sp³-hybridized carbons (Fsp3) is 1.00. The second kappa shape index (κ2) is 9.23. The van der Waals surface area contributed by atoms with Crippen LogP contribution in [-0.4, -0.2) is 14.9 Å². The average molecular weight is 306 g/mol. The summed E-state index contributed by atoms with van der Waals surface area (Å²) in [6, 6.07) is 0. The van der Waals surface area contributed by atoms with Crippen LogP contribution in [0.25, 0.3) is 0 Å². The van der Waals surface area contributed by atoms with Gasteiger partial charge in [-0.15, -0.1) is 0 Å². The summed E-state index contributed by atoms with van der Waals surface area (Å²) in [5.41, 5.74) is 0. The predicted octanol–water partition coefficient (Wildman–Crippen LogP) is 5.36. The van der Waals surface area contributed by atoms with Crippen LogP contribution in [0.2, 0.25) is 0 Å². The van der Waals surface area contributed by atoms with Crippen molar-refractivity contribution in [1.29, 1.82) is 0 Å². The molecule has 0 radical (unpaired) electrons. The van der Waals surface area contributed by atoms with E-state index in [2.05, 4.69) is 34.6 Å². The van der Waals surface area contributed by atoms with E-state index in [0.29, 0.717) is 31.1 Å². The van der Waals surface area contributed by atoms with Crippen LogP contribution in [0, 0.1) is 11.8 Å². The van der Waals surface area contributed by atoms with E-state index >= 15 is 0 Å². The highest BCUT2D eigenvalue weighted by molar-refractivity contribution is 7.53. The Balaban J connectivity index is 4.85. The first-order valence-corrected chi connectivity index (χ1v) is 9.81. The quantitative estimate of drug-likeness (QED) is 0.399. The topological polar surface area (TPSA) is 57.5 Å². The second-order valence-corrected chi connectivity index (χ2v) is 9.17. The van der Waals surface area contributed by atoms with Gasteiger partial charge >= 0.3 is 7.60 Å². The number of unbranched alkanes of at least 4 members (excludes halogenated alkanes) is 4. The van der Waals surface area contributed by atoms with Crippen molar-refractivity contribution in [1.82, 2.24) is 0 Å². The van der Waals surface area contributed by atoms with Crippen LogP contribution in [0.3, 0.4) is 0 Å². The summed E-state index contributed by atoms with van der Waals surface area (Å²) in [6.07, 6.45) is 7.54. The first kappa shape index (κ1) is 20.1. The Bertz CT molecular complexity index is 284. The van der Waals surface area contributed by atoms with E-state index in [1.54, 1.807) is 0 Å². The highest BCUT2D eigenvalue weighted by Gasteiger charge is 2.46. The Morgan fingerprint density at radius 2 is 1.35 bits per heavy atom. The molecular weight excluding hydrogens is 271 g/mol. The van der Waals surface area contributed by atoms with Gasteiger partial charge in [-0.2, -0.15) is 0 Å². The Morgan fingerprint density at radius 3 is 1.70 bits per heavy atom. The standard InChI is InChI=1S/C16H35O3P/c1-6-7-8-9-10-11-16(12-14(2)3,13-15(4)5)20(17,18)19/h14-15H,6-13H2,1-5H3,(H2,17,18,19). The molecule has 0 saturated heterocycles. The molecular formula is C16H35O3P. The third kappa shape index (κ3) is 7.24. The van der Waals surface area contributed by atoms with E-state index in [1.165, 1.54) is 19.3 Å². The third-order valence-electron chi connectivity index (χ3n) is 3.94. The monoisotopic (exact) mass is 306 g/mol. The Morgan fingerprint density at radius 1 is 0.900 bits per heavy atom. The van der Waals surface area contributed by atoms with Crippen molar-refractivity contribution in [3.05, 3.63) is 0 Å². The lowest BCUT2D eigenvalue weighted by atomic mass is 9.84. The summed E-state index contributed by atoms with van der Waals surface area (Å²) in [6.45, 7) is 10.4. The van der Waals surface area contributed by atoms with Crippen LogP contribution >= 0.6 is 7.60 Å². The van der Waals surface area contributed by atoms with Crippen LogP contribution in [0.5, 0.6) is 0 Å². The fourth-order valence-corrected chi connectivity index (χ4v) is 4.90. The molecule has 0 spiro atoms. The van der Waals surface area contributed by atoms with E-state index in [-0.39, 0.29) is 0 Å². The van der Waals surface area contributed by atoms with Crippen molar-refractivity contribution in [2.45, 2.75) is 91.1 Å². The predicted molar refractivity (Wildman–Crippen MR) is 87.1 cm³/mol. The fourth-order valence-electron chi connectivity index (χ4n) is 3.25. The zero-order valence-electron chi connectivity index (χ0n) is 14.1. The lowest BCUT2D eigenvalue weighted by Crippen LogP contribution is -2.32. The van der Waals surface area contributed by atoms with E-state index < -0.39 is 12.8 Å². The van der Waals surface area contributed by atoms with E-state index in [9.17, 15) is 14.4 Å². The van der Waals surface area contributed by atoms with Crippen molar-refractivity contribution in [3.63, 3.8) is 0 Å². The molecule has 0 bridgehead atoms. The molecule has 3 nitrogen and oxygen atoms in total. The minimum Gasteiger partial charge on any atom is -0.324 e. The number of rotatable bonds is 11. The zero-order chi connectivity index (χ0) is 15.8. The van der Waals surface area contributed by atoms with Gasteiger partial charge in [-0.05, 0) is 31.1 Å². The van der Waals surface area contributed by atoms with Gasteiger partial charge in [-0.3, -0.25) is 4.57 Å². The molecule has 20 heavy (non-hydrogen) atoms. The zero-order valence-corrected chi connectivity index (χ0v) is 15.0. The second-order valence-electron chi connectivity index (χ2n) is 7.13. The minimum absolute atomic E-state index is 0.317. The molecule has 0 aromatic carbocycles. The normalized spacial score (nSPS) is 13.4. The summed E-state index contributed by atoms with van der Waals surface area (Å²) in [7, 11) is -4.07. The van der Waals surface area contributed by atoms with Gasteiger partial charge in [0.2, 0.25) is 0 Å². The van der Waals surface area contributed by atoms with Crippen molar-refractivity contribution < 1.29 is 14.4 Å². The largest absolute Gasteiger partial charge is 0.331 e. The molecule has 0 aromatic heterocycles. The van der Waals surface area contributed by atoms with Gasteiger partial charge in [0.1, 0.15) is 0 Å². The SMILES string of the molecule is CCCCCCCC(CC(C)C)(CC(C)C)P(=O)(O)O. The summed E-state index contributed by atoms with van der Waals surface area (Å²) in [4.78, 5) is 19.9. The summed E-state index contributed by atoms with van der Waals surface area (Å²) >= 11 is 0. The summed E-state index contributed by atoms with van der Waals surface area (Å²) in [5, 5.41) is -0.804. The molecule has 0 amide bonds. The van der Waals surface area contributed by atoms with E-state index in [4.69, 9.17) is 0 Å². The molecule has 0 atom stereocenters. The molecule has 0 rings (SSSR count). The highest BCUT2D eigenvalue weighted by Crippen LogP contribution is 2.59. The molecule has 0 aromatic rings. The van der Waals surface area contributed by atoms with Crippen molar-refractivity contribution in [2.24, 2.45) is 11.8 Å². The molecule has 122 valence electrons. The third-order valence-corrected chi connectivity index (χ3v) is 5.76. The Hall–Kier alpha value is 0.150. The van der Waals surface area contributed by atoms with Gasteiger partial charge in [0.05, 0.1) is 5.16 Å².